The van der Waals surface area contributed by atoms with E-state index in [1.807, 2.05) is 18.2 Å². The van der Waals surface area contributed by atoms with E-state index in [0.717, 1.165) is 22.9 Å². The van der Waals surface area contributed by atoms with Crippen molar-refractivity contribution in [3.8, 4) is 5.75 Å². The summed E-state index contributed by atoms with van der Waals surface area (Å²) in [5.74, 6) is 0.452. The van der Waals surface area contributed by atoms with Crippen LogP contribution >= 0.6 is 15.9 Å². The molecule has 108 valence electrons. The quantitative estimate of drug-likeness (QED) is 0.660. The third-order valence-electron chi connectivity index (χ3n) is 3.23. The van der Waals surface area contributed by atoms with Gasteiger partial charge in [-0.15, -0.1) is 0 Å². The second-order valence-electron chi connectivity index (χ2n) is 4.71. The molecule has 4 nitrogen and oxygen atoms in total. The largest absolute Gasteiger partial charge is 0.496 e. The molecule has 0 bridgehead atoms. The fourth-order valence-electron chi connectivity index (χ4n) is 2.18. The molecule has 0 heterocycles. The van der Waals surface area contributed by atoms with Gasteiger partial charge in [-0.05, 0) is 37.1 Å². The summed E-state index contributed by atoms with van der Waals surface area (Å²) in [6, 6.07) is 5.62. The number of rotatable bonds is 5. The van der Waals surface area contributed by atoms with E-state index < -0.39 is 0 Å². The lowest BCUT2D eigenvalue weighted by molar-refractivity contribution is -0.132. The first-order valence-corrected chi connectivity index (χ1v) is 7.45. The minimum atomic E-state index is -0.265. The molecule has 0 unspecified atom stereocenters. The van der Waals surface area contributed by atoms with Gasteiger partial charge in [0.05, 0.1) is 13.2 Å². The van der Waals surface area contributed by atoms with E-state index in [2.05, 4.69) is 21.4 Å². The molecule has 1 aliphatic carbocycles. The summed E-state index contributed by atoms with van der Waals surface area (Å²) in [5, 5.41) is 0. The predicted molar refractivity (Wildman–Crippen MR) is 81.2 cm³/mol. The summed E-state index contributed by atoms with van der Waals surface area (Å²) >= 11 is 3.39. The van der Waals surface area contributed by atoms with Crippen LogP contribution in [0.15, 0.2) is 28.7 Å². The molecule has 0 atom stereocenters. The second-order valence-corrected chi connectivity index (χ2v) is 5.63. The smallest absolute Gasteiger partial charge is 0.267 e. The van der Waals surface area contributed by atoms with Crippen LogP contribution in [0.4, 0.5) is 0 Å². The van der Waals surface area contributed by atoms with E-state index in [0.29, 0.717) is 5.75 Å². The minimum Gasteiger partial charge on any atom is -0.496 e. The van der Waals surface area contributed by atoms with Crippen molar-refractivity contribution < 1.29 is 14.4 Å². The summed E-state index contributed by atoms with van der Waals surface area (Å²) in [7, 11) is 1.60. The van der Waals surface area contributed by atoms with Crippen LogP contribution in [0.1, 0.15) is 31.2 Å². The van der Waals surface area contributed by atoms with Crippen LogP contribution in [0.2, 0.25) is 0 Å². The summed E-state index contributed by atoms with van der Waals surface area (Å²) in [4.78, 5) is 17.0. The van der Waals surface area contributed by atoms with E-state index in [-0.39, 0.29) is 12.0 Å². The van der Waals surface area contributed by atoms with Crippen molar-refractivity contribution in [1.29, 1.82) is 0 Å². The Hall–Kier alpha value is -1.33. The molecule has 0 aliphatic heterocycles. The Labute approximate surface area is 127 Å². The molecule has 1 amide bonds. The average molecular weight is 340 g/mol. The molecule has 0 spiro atoms. The topological polar surface area (TPSA) is 47.6 Å². The number of carbonyl (C=O) groups excluding carboxylic acids is 1. The molecule has 2 rings (SSSR count). The number of halogens is 1. The molecule has 20 heavy (non-hydrogen) atoms. The zero-order chi connectivity index (χ0) is 14.4. The summed E-state index contributed by atoms with van der Waals surface area (Å²) < 4.78 is 6.17. The average Bonchev–Trinajstić information content (AvgIpc) is 2.96. The third-order valence-corrected chi connectivity index (χ3v) is 3.73. The van der Waals surface area contributed by atoms with Crippen LogP contribution in [0, 0.1) is 0 Å². The molecule has 1 aromatic carbocycles. The standard InChI is InChI=1S/C15H18BrNO3/c1-19-14-8-7-12(16)10-11(14)6-9-15(18)17-20-13-4-2-3-5-13/h6-10,13H,2-5H2,1H3,(H,17,18)/b9-6+. The first-order valence-electron chi connectivity index (χ1n) is 6.66. The normalized spacial score (nSPS) is 15.7. The Morgan fingerprint density at radius 2 is 2.15 bits per heavy atom. The van der Waals surface area contributed by atoms with E-state index >= 15 is 0 Å². The maximum Gasteiger partial charge on any atom is 0.267 e. The molecule has 0 aromatic heterocycles. The van der Waals surface area contributed by atoms with Crippen molar-refractivity contribution in [3.05, 3.63) is 34.3 Å². The Morgan fingerprint density at radius 3 is 2.85 bits per heavy atom. The molecule has 1 saturated carbocycles. The Kier molecular flexibility index (Phi) is 5.61. The van der Waals surface area contributed by atoms with Gasteiger partial charge in [-0.2, -0.15) is 0 Å². The molecular formula is C15H18BrNO3. The van der Waals surface area contributed by atoms with E-state index in [1.54, 1.807) is 13.2 Å². The highest BCUT2D eigenvalue weighted by molar-refractivity contribution is 9.10. The Bertz CT molecular complexity index is 496. The third kappa shape index (κ3) is 4.35. The summed E-state index contributed by atoms with van der Waals surface area (Å²) in [6.45, 7) is 0. The van der Waals surface area contributed by atoms with Crippen LogP contribution in [0.5, 0.6) is 5.75 Å². The van der Waals surface area contributed by atoms with E-state index in [4.69, 9.17) is 9.57 Å². The molecule has 5 heteroatoms. The number of nitrogens with one attached hydrogen (secondary N) is 1. The van der Waals surface area contributed by atoms with E-state index in [9.17, 15) is 4.79 Å². The van der Waals surface area contributed by atoms with Gasteiger partial charge in [0.2, 0.25) is 0 Å². The first kappa shape index (κ1) is 15.1. The SMILES string of the molecule is COc1ccc(Br)cc1/C=C/C(=O)NOC1CCCC1. The predicted octanol–water partition coefficient (Wildman–Crippen LogP) is 3.46. The number of carbonyl (C=O) groups is 1. The van der Waals surface area contributed by atoms with Crippen molar-refractivity contribution in [2.45, 2.75) is 31.8 Å². The minimum absolute atomic E-state index is 0.160. The summed E-state index contributed by atoms with van der Waals surface area (Å²) in [5.41, 5.74) is 3.30. The lowest BCUT2D eigenvalue weighted by Crippen LogP contribution is -2.26. The number of benzene rings is 1. The maximum atomic E-state index is 11.7. The van der Waals surface area contributed by atoms with Gasteiger partial charge in [0, 0.05) is 16.1 Å². The number of hydroxylamine groups is 1. The number of hydrogen-bond acceptors (Lipinski definition) is 3. The highest BCUT2D eigenvalue weighted by Gasteiger charge is 2.16. The van der Waals surface area contributed by atoms with Gasteiger partial charge < -0.3 is 4.74 Å². The number of amides is 1. The molecule has 1 N–H and O–H groups in total. The van der Waals surface area contributed by atoms with Gasteiger partial charge in [0.1, 0.15) is 5.75 Å². The van der Waals surface area contributed by atoms with Crippen molar-refractivity contribution >= 4 is 27.9 Å². The first-order chi connectivity index (χ1) is 9.69. The maximum absolute atomic E-state index is 11.7. The zero-order valence-corrected chi connectivity index (χ0v) is 13.0. The van der Waals surface area contributed by atoms with Gasteiger partial charge in [0.15, 0.2) is 0 Å². The van der Waals surface area contributed by atoms with Gasteiger partial charge >= 0.3 is 0 Å². The van der Waals surface area contributed by atoms with Crippen LogP contribution in [-0.2, 0) is 9.63 Å². The number of hydrogen-bond donors (Lipinski definition) is 1. The Morgan fingerprint density at radius 1 is 1.40 bits per heavy atom. The van der Waals surface area contributed by atoms with Gasteiger partial charge in [-0.25, -0.2) is 5.48 Å². The van der Waals surface area contributed by atoms with E-state index in [1.165, 1.54) is 18.9 Å². The highest BCUT2D eigenvalue weighted by atomic mass is 79.9. The highest BCUT2D eigenvalue weighted by Crippen LogP contribution is 2.24. The van der Waals surface area contributed by atoms with Crippen LogP contribution in [0.25, 0.3) is 6.08 Å². The molecule has 0 radical (unpaired) electrons. The van der Waals surface area contributed by atoms with Crippen molar-refractivity contribution in [1.82, 2.24) is 5.48 Å². The fraction of sp³-hybridized carbons (Fsp3) is 0.400. The monoisotopic (exact) mass is 339 g/mol. The number of ether oxygens (including phenoxy) is 1. The molecular weight excluding hydrogens is 322 g/mol. The van der Waals surface area contributed by atoms with Crippen LogP contribution in [0.3, 0.4) is 0 Å². The molecule has 1 fully saturated rings. The van der Waals surface area contributed by atoms with Crippen molar-refractivity contribution in [2.24, 2.45) is 0 Å². The zero-order valence-electron chi connectivity index (χ0n) is 11.4. The molecule has 1 aliphatic rings. The van der Waals surface area contributed by atoms with Gasteiger partial charge in [0.25, 0.3) is 5.91 Å². The van der Waals surface area contributed by atoms with Crippen molar-refractivity contribution in [2.75, 3.05) is 7.11 Å². The Balaban J connectivity index is 1.90. The second kappa shape index (κ2) is 7.45. The van der Waals surface area contributed by atoms with Crippen molar-refractivity contribution in [3.63, 3.8) is 0 Å². The molecule has 0 saturated heterocycles. The van der Waals surface area contributed by atoms with Crippen LogP contribution < -0.4 is 10.2 Å². The van der Waals surface area contributed by atoms with Gasteiger partial charge in [-0.1, -0.05) is 28.8 Å². The molecule has 1 aromatic rings. The summed E-state index contributed by atoms with van der Waals surface area (Å²) in [6.07, 6.45) is 7.69. The fourth-order valence-corrected chi connectivity index (χ4v) is 2.56. The van der Waals surface area contributed by atoms with Gasteiger partial charge in [-0.3, -0.25) is 9.63 Å². The number of methoxy groups -OCH3 is 1. The lowest BCUT2D eigenvalue weighted by atomic mass is 10.2. The lowest BCUT2D eigenvalue weighted by Gasteiger charge is -2.09. The van der Waals surface area contributed by atoms with Crippen LogP contribution in [-0.4, -0.2) is 19.1 Å².